The molecule has 2 amide bonds. The molecule has 0 spiro atoms. The van der Waals surface area contributed by atoms with E-state index in [1.807, 2.05) is 0 Å². The number of anilines is 2. The number of hydrogen-bond acceptors (Lipinski definition) is 4. The molecule has 1 saturated heterocycles. The number of rotatable bonds is 5. The Labute approximate surface area is 203 Å². The Kier molecular flexibility index (Phi) is 6.12. The Balaban J connectivity index is 1.44. The van der Waals surface area contributed by atoms with E-state index in [1.165, 1.54) is 23.1 Å². The number of para-hydroxylation sites is 1. The first-order valence-electron chi connectivity index (χ1n) is 11.4. The number of carbonyl (C=O) groups is 2. The molecule has 0 radical (unpaired) electrons. The Morgan fingerprint density at radius 2 is 1.60 bits per heavy atom. The van der Waals surface area contributed by atoms with Gasteiger partial charge in [-0.2, -0.15) is 4.31 Å². The Bertz CT molecular complexity index is 1390. The van der Waals surface area contributed by atoms with Gasteiger partial charge in [-0.3, -0.25) is 9.59 Å². The average molecular weight is 494 g/mol. The van der Waals surface area contributed by atoms with Crippen LogP contribution in [0.4, 0.5) is 15.8 Å². The summed E-state index contributed by atoms with van der Waals surface area (Å²) in [4.78, 5) is 28.5. The van der Waals surface area contributed by atoms with Crippen LogP contribution in [0.1, 0.15) is 24.0 Å². The Hall–Kier alpha value is -3.56. The lowest BCUT2D eigenvalue weighted by Crippen LogP contribution is -2.38. The van der Waals surface area contributed by atoms with Crippen LogP contribution in [0.5, 0.6) is 0 Å². The monoisotopic (exact) mass is 493 g/mol. The fourth-order valence-electron chi connectivity index (χ4n) is 4.53. The number of halogens is 1. The second-order valence-corrected chi connectivity index (χ2v) is 10.6. The molecule has 0 atom stereocenters. The van der Waals surface area contributed by atoms with E-state index in [4.69, 9.17) is 0 Å². The summed E-state index contributed by atoms with van der Waals surface area (Å²) in [5.74, 6) is -0.748. The maximum Gasteiger partial charge on any atom is 0.245 e. The molecular weight excluding hydrogens is 469 g/mol. The van der Waals surface area contributed by atoms with Gasteiger partial charge in [0.15, 0.2) is 0 Å². The molecular formula is C26H24FN3O4S. The van der Waals surface area contributed by atoms with Crippen LogP contribution in [0.15, 0.2) is 77.7 Å². The summed E-state index contributed by atoms with van der Waals surface area (Å²) < 4.78 is 42.1. The Morgan fingerprint density at radius 1 is 0.829 bits per heavy atom. The van der Waals surface area contributed by atoms with Crippen molar-refractivity contribution in [2.24, 2.45) is 0 Å². The van der Waals surface area contributed by atoms with Crippen LogP contribution in [-0.4, -0.2) is 37.6 Å². The van der Waals surface area contributed by atoms with E-state index in [0.29, 0.717) is 24.1 Å². The molecule has 3 aromatic carbocycles. The third-order valence-electron chi connectivity index (χ3n) is 6.30. The topological polar surface area (TPSA) is 78.0 Å². The van der Waals surface area contributed by atoms with Crippen molar-refractivity contribution in [3.8, 4) is 0 Å². The quantitative estimate of drug-likeness (QED) is 0.543. The number of hydrogen-bond donors (Lipinski definition) is 0. The number of benzene rings is 3. The third-order valence-corrected chi connectivity index (χ3v) is 8.14. The van der Waals surface area contributed by atoms with Gasteiger partial charge in [0.25, 0.3) is 0 Å². The lowest BCUT2D eigenvalue weighted by molar-refractivity contribution is -0.119. The van der Waals surface area contributed by atoms with Crippen molar-refractivity contribution in [3.63, 3.8) is 0 Å². The highest BCUT2D eigenvalue weighted by molar-refractivity contribution is 7.89. The standard InChI is InChI=1S/C26H24FN3O4S/c27-21-6-3-5-20(15-21)17-30-23-7-1-2-8-24(23)35(33,34)28(18-26(30)32)16-19-10-12-22(13-11-19)29-14-4-9-25(29)31/h1-3,5-8,10-13,15H,4,9,14,16-18H2. The minimum absolute atomic E-state index is 0.00440. The van der Waals surface area contributed by atoms with Gasteiger partial charge in [0.1, 0.15) is 10.7 Å². The van der Waals surface area contributed by atoms with E-state index >= 15 is 0 Å². The number of carbonyl (C=O) groups excluding carboxylic acids is 2. The first-order chi connectivity index (χ1) is 16.8. The van der Waals surface area contributed by atoms with E-state index in [-0.39, 0.29) is 36.1 Å². The highest BCUT2D eigenvalue weighted by Crippen LogP contribution is 2.33. The first-order valence-corrected chi connectivity index (χ1v) is 12.8. The molecule has 2 aliphatic heterocycles. The number of nitrogens with zero attached hydrogens (tertiary/aromatic N) is 3. The largest absolute Gasteiger partial charge is 0.312 e. The molecule has 7 nitrogen and oxygen atoms in total. The van der Waals surface area contributed by atoms with E-state index in [0.717, 1.165) is 16.4 Å². The molecule has 0 unspecified atom stereocenters. The number of sulfonamides is 1. The molecule has 0 aromatic heterocycles. The van der Waals surface area contributed by atoms with Crippen molar-refractivity contribution in [2.45, 2.75) is 30.8 Å². The van der Waals surface area contributed by atoms with Crippen LogP contribution < -0.4 is 9.80 Å². The van der Waals surface area contributed by atoms with Crippen LogP contribution in [0.2, 0.25) is 0 Å². The summed E-state index contributed by atoms with van der Waals surface area (Å²) in [6.45, 7) is 0.379. The van der Waals surface area contributed by atoms with Gasteiger partial charge in [0, 0.05) is 25.2 Å². The van der Waals surface area contributed by atoms with Crippen molar-refractivity contribution in [1.29, 1.82) is 0 Å². The van der Waals surface area contributed by atoms with Crippen LogP contribution in [-0.2, 0) is 32.7 Å². The molecule has 5 rings (SSSR count). The van der Waals surface area contributed by atoms with E-state index < -0.39 is 21.7 Å². The van der Waals surface area contributed by atoms with Crippen molar-refractivity contribution in [3.05, 3.63) is 89.7 Å². The van der Waals surface area contributed by atoms with Gasteiger partial charge in [-0.15, -0.1) is 0 Å². The van der Waals surface area contributed by atoms with Gasteiger partial charge in [-0.1, -0.05) is 36.4 Å². The lowest BCUT2D eigenvalue weighted by atomic mass is 10.1. The molecule has 0 bridgehead atoms. The SMILES string of the molecule is O=C1CCCN1c1ccc(CN2CC(=O)N(Cc3cccc(F)c3)c3ccccc3S2(=O)=O)cc1. The molecule has 0 N–H and O–H groups in total. The van der Waals surface area contributed by atoms with Crippen LogP contribution in [0.25, 0.3) is 0 Å². The van der Waals surface area contributed by atoms with Gasteiger partial charge < -0.3 is 9.80 Å². The summed E-state index contributed by atoms with van der Waals surface area (Å²) in [7, 11) is -3.99. The maximum absolute atomic E-state index is 13.7. The average Bonchev–Trinajstić information content (AvgIpc) is 3.25. The molecule has 180 valence electrons. The smallest absolute Gasteiger partial charge is 0.245 e. The molecule has 35 heavy (non-hydrogen) atoms. The first kappa shape index (κ1) is 23.2. The zero-order valence-corrected chi connectivity index (χ0v) is 19.7. The predicted octanol–water partition coefficient (Wildman–Crippen LogP) is 3.69. The molecule has 9 heteroatoms. The minimum Gasteiger partial charge on any atom is -0.312 e. The van der Waals surface area contributed by atoms with Crippen molar-refractivity contribution < 1.29 is 22.4 Å². The molecule has 0 saturated carbocycles. The molecule has 1 fully saturated rings. The number of amides is 2. The van der Waals surface area contributed by atoms with E-state index in [1.54, 1.807) is 59.5 Å². The zero-order chi connectivity index (χ0) is 24.6. The minimum atomic E-state index is -3.99. The van der Waals surface area contributed by atoms with Crippen LogP contribution in [0.3, 0.4) is 0 Å². The molecule has 0 aliphatic carbocycles. The van der Waals surface area contributed by atoms with Crippen molar-refractivity contribution in [1.82, 2.24) is 4.31 Å². The highest BCUT2D eigenvalue weighted by atomic mass is 32.2. The number of fused-ring (bicyclic) bond motifs is 1. The van der Waals surface area contributed by atoms with Crippen molar-refractivity contribution >= 4 is 33.2 Å². The summed E-state index contributed by atoms with van der Waals surface area (Å²) in [5.41, 5.74) is 2.31. The fraction of sp³-hybridized carbons (Fsp3) is 0.231. The highest BCUT2D eigenvalue weighted by Gasteiger charge is 2.36. The summed E-state index contributed by atoms with van der Waals surface area (Å²) in [5, 5.41) is 0. The summed E-state index contributed by atoms with van der Waals surface area (Å²) in [6, 6.07) is 19.4. The van der Waals surface area contributed by atoms with E-state index in [2.05, 4.69) is 0 Å². The predicted molar refractivity (Wildman–Crippen MR) is 130 cm³/mol. The second kappa shape index (κ2) is 9.24. The van der Waals surface area contributed by atoms with Gasteiger partial charge in [0.2, 0.25) is 21.8 Å². The van der Waals surface area contributed by atoms with Crippen molar-refractivity contribution in [2.75, 3.05) is 22.9 Å². The lowest BCUT2D eigenvalue weighted by Gasteiger charge is -2.22. The summed E-state index contributed by atoms with van der Waals surface area (Å²) in [6.07, 6.45) is 1.35. The zero-order valence-electron chi connectivity index (χ0n) is 18.9. The summed E-state index contributed by atoms with van der Waals surface area (Å²) >= 11 is 0. The van der Waals surface area contributed by atoms with E-state index in [9.17, 15) is 22.4 Å². The normalized spacial score (nSPS) is 18.0. The Morgan fingerprint density at radius 3 is 2.31 bits per heavy atom. The molecule has 2 heterocycles. The third kappa shape index (κ3) is 4.56. The second-order valence-electron chi connectivity index (χ2n) is 8.67. The fourth-order valence-corrected chi connectivity index (χ4v) is 6.10. The van der Waals surface area contributed by atoms with Crippen LogP contribution >= 0.6 is 0 Å². The van der Waals surface area contributed by atoms with Gasteiger partial charge >= 0.3 is 0 Å². The molecule has 3 aromatic rings. The molecule has 2 aliphatic rings. The maximum atomic E-state index is 13.7. The van der Waals surface area contributed by atoms with Gasteiger partial charge in [0.05, 0.1) is 18.8 Å². The van der Waals surface area contributed by atoms with Gasteiger partial charge in [-0.25, -0.2) is 12.8 Å². The van der Waals surface area contributed by atoms with Gasteiger partial charge in [-0.05, 0) is 53.9 Å². The van der Waals surface area contributed by atoms with Crippen LogP contribution in [0, 0.1) is 5.82 Å².